The minimum absolute atomic E-state index is 0.0714. The van der Waals surface area contributed by atoms with Gasteiger partial charge in [0.1, 0.15) is 0 Å². The molecule has 4 nitrogen and oxygen atoms in total. The molecular weight excluding hydrogens is 304 g/mol. The van der Waals surface area contributed by atoms with Crippen LogP contribution in [0.4, 0.5) is 0 Å². The molecule has 1 heterocycles. The second-order valence-corrected chi connectivity index (χ2v) is 7.13. The zero-order valence-corrected chi connectivity index (χ0v) is 16.0. The highest BCUT2D eigenvalue weighted by Gasteiger charge is 2.24. The van der Waals surface area contributed by atoms with E-state index in [9.17, 15) is 0 Å². The molecule has 0 saturated carbocycles. The van der Waals surface area contributed by atoms with Crippen molar-refractivity contribution < 1.29 is 19.3 Å². The SMILES string of the molecule is CCCCCCCCCCCCOC(C)C[C@H]1OCC[C@@H](CO)O1. The van der Waals surface area contributed by atoms with Crippen LogP contribution in [-0.2, 0) is 14.2 Å². The minimum atomic E-state index is -0.224. The predicted molar refractivity (Wildman–Crippen MR) is 98.2 cm³/mol. The normalized spacial score (nSPS) is 22.6. The Hall–Kier alpha value is -0.160. The zero-order valence-electron chi connectivity index (χ0n) is 16.0. The lowest BCUT2D eigenvalue weighted by molar-refractivity contribution is -0.230. The standard InChI is InChI=1S/C20H40O4/c1-3-4-5-6-7-8-9-10-11-12-14-22-18(2)16-20-23-15-13-19(17-21)24-20/h18-21H,3-17H2,1-2H3/t18?,19-,20-/m0/s1. The van der Waals surface area contributed by atoms with E-state index in [1.807, 2.05) is 0 Å². The van der Waals surface area contributed by atoms with Crippen LogP contribution in [0, 0.1) is 0 Å². The van der Waals surface area contributed by atoms with Crippen LogP contribution in [-0.4, -0.2) is 43.4 Å². The highest BCUT2D eigenvalue weighted by molar-refractivity contribution is 4.65. The maximum absolute atomic E-state index is 9.15. The Balaban J connectivity index is 1.86. The lowest BCUT2D eigenvalue weighted by atomic mass is 10.1. The summed E-state index contributed by atoms with van der Waals surface area (Å²) in [5, 5.41) is 9.15. The molecular formula is C20H40O4. The van der Waals surface area contributed by atoms with Crippen molar-refractivity contribution in [3.05, 3.63) is 0 Å². The lowest BCUT2D eigenvalue weighted by Crippen LogP contribution is -2.36. The number of hydrogen-bond acceptors (Lipinski definition) is 4. The van der Waals surface area contributed by atoms with Crippen LogP contribution in [0.2, 0.25) is 0 Å². The third-order valence-electron chi connectivity index (χ3n) is 4.72. The van der Waals surface area contributed by atoms with E-state index >= 15 is 0 Å². The summed E-state index contributed by atoms with van der Waals surface area (Å²) in [5.41, 5.74) is 0. The molecule has 1 unspecified atom stereocenters. The first-order valence-electron chi connectivity index (χ1n) is 10.3. The number of aliphatic hydroxyl groups excluding tert-OH is 1. The molecule has 1 fully saturated rings. The van der Waals surface area contributed by atoms with Crippen LogP contribution in [0.1, 0.15) is 90.9 Å². The fraction of sp³-hybridized carbons (Fsp3) is 1.00. The molecule has 1 aliphatic rings. The van der Waals surface area contributed by atoms with Crippen LogP contribution < -0.4 is 0 Å². The van der Waals surface area contributed by atoms with E-state index in [4.69, 9.17) is 19.3 Å². The third kappa shape index (κ3) is 11.4. The zero-order chi connectivity index (χ0) is 17.5. The second-order valence-electron chi connectivity index (χ2n) is 7.13. The molecule has 24 heavy (non-hydrogen) atoms. The number of hydrogen-bond donors (Lipinski definition) is 1. The molecule has 0 aromatic carbocycles. The quantitative estimate of drug-likeness (QED) is 0.432. The molecule has 1 rings (SSSR count). The topological polar surface area (TPSA) is 47.9 Å². The molecule has 0 aliphatic carbocycles. The van der Waals surface area contributed by atoms with E-state index < -0.39 is 0 Å². The number of unbranched alkanes of at least 4 members (excludes halogenated alkanes) is 9. The molecule has 1 saturated heterocycles. The molecule has 1 aliphatic heterocycles. The lowest BCUT2D eigenvalue weighted by Gasteiger charge is -2.30. The fourth-order valence-electron chi connectivity index (χ4n) is 3.12. The smallest absolute Gasteiger partial charge is 0.160 e. The summed E-state index contributed by atoms with van der Waals surface area (Å²) in [4.78, 5) is 0. The Kier molecular flexibility index (Phi) is 13.8. The summed E-state index contributed by atoms with van der Waals surface area (Å²) in [6, 6.07) is 0. The minimum Gasteiger partial charge on any atom is -0.394 e. The van der Waals surface area contributed by atoms with Gasteiger partial charge in [0.15, 0.2) is 6.29 Å². The van der Waals surface area contributed by atoms with Crippen LogP contribution in [0.25, 0.3) is 0 Å². The van der Waals surface area contributed by atoms with E-state index in [1.54, 1.807) is 0 Å². The number of ether oxygens (including phenoxy) is 3. The summed E-state index contributed by atoms with van der Waals surface area (Å²) in [6.45, 7) is 5.91. The van der Waals surface area contributed by atoms with Crippen LogP contribution in [0.5, 0.6) is 0 Å². The molecule has 0 bridgehead atoms. The van der Waals surface area contributed by atoms with Gasteiger partial charge in [0.05, 0.1) is 25.4 Å². The van der Waals surface area contributed by atoms with Crippen molar-refractivity contribution in [1.82, 2.24) is 0 Å². The number of rotatable bonds is 15. The van der Waals surface area contributed by atoms with Crippen molar-refractivity contribution in [2.75, 3.05) is 19.8 Å². The van der Waals surface area contributed by atoms with Crippen molar-refractivity contribution in [2.24, 2.45) is 0 Å². The van der Waals surface area contributed by atoms with E-state index in [1.165, 1.54) is 57.8 Å². The van der Waals surface area contributed by atoms with Crippen molar-refractivity contribution in [2.45, 2.75) is 109 Å². The Labute approximate surface area is 149 Å². The molecule has 3 atom stereocenters. The average Bonchev–Trinajstić information content (AvgIpc) is 2.60. The van der Waals surface area contributed by atoms with Crippen molar-refractivity contribution in [1.29, 1.82) is 0 Å². The highest BCUT2D eigenvalue weighted by atomic mass is 16.7. The van der Waals surface area contributed by atoms with Gasteiger partial charge in [-0.25, -0.2) is 0 Å². The predicted octanol–water partition coefficient (Wildman–Crippen LogP) is 4.83. The van der Waals surface area contributed by atoms with Crippen LogP contribution in [0.3, 0.4) is 0 Å². The largest absolute Gasteiger partial charge is 0.394 e. The van der Waals surface area contributed by atoms with Gasteiger partial charge in [-0.3, -0.25) is 0 Å². The van der Waals surface area contributed by atoms with Gasteiger partial charge in [-0.2, -0.15) is 0 Å². The summed E-state index contributed by atoms with van der Waals surface area (Å²) in [6.07, 6.45) is 14.8. The first kappa shape index (κ1) is 21.9. The van der Waals surface area contributed by atoms with Crippen molar-refractivity contribution in [3.8, 4) is 0 Å². The molecule has 0 aromatic rings. The summed E-state index contributed by atoms with van der Waals surface area (Å²) in [5.74, 6) is 0. The van der Waals surface area contributed by atoms with Crippen molar-refractivity contribution >= 4 is 0 Å². The van der Waals surface area contributed by atoms with E-state index in [0.29, 0.717) is 6.61 Å². The Morgan fingerprint density at radius 2 is 1.62 bits per heavy atom. The Bertz CT molecular complexity index is 272. The fourth-order valence-corrected chi connectivity index (χ4v) is 3.12. The van der Waals surface area contributed by atoms with E-state index in [2.05, 4.69) is 13.8 Å². The van der Waals surface area contributed by atoms with Crippen molar-refractivity contribution in [3.63, 3.8) is 0 Å². The Morgan fingerprint density at radius 1 is 1.00 bits per heavy atom. The molecule has 4 heteroatoms. The highest BCUT2D eigenvalue weighted by Crippen LogP contribution is 2.17. The monoisotopic (exact) mass is 344 g/mol. The van der Waals surface area contributed by atoms with E-state index in [-0.39, 0.29) is 25.1 Å². The summed E-state index contributed by atoms with van der Waals surface area (Å²) >= 11 is 0. The third-order valence-corrected chi connectivity index (χ3v) is 4.72. The van der Waals surface area contributed by atoms with Gasteiger partial charge in [0.25, 0.3) is 0 Å². The van der Waals surface area contributed by atoms with Gasteiger partial charge in [-0.1, -0.05) is 64.7 Å². The van der Waals surface area contributed by atoms with Gasteiger partial charge in [-0.05, 0) is 19.8 Å². The molecule has 0 spiro atoms. The first-order valence-corrected chi connectivity index (χ1v) is 10.3. The maximum atomic E-state index is 9.15. The molecule has 144 valence electrons. The van der Waals surface area contributed by atoms with Gasteiger partial charge in [-0.15, -0.1) is 0 Å². The Morgan fingerprint density at radius 3 is 2.25 bits per heavy atom. The maximum Gasteiger partial charge on any atom is 0.160 e. The van der Waals surface area contributed by atoms with Gasteiger partial charge >= 0.3 is 0 Å². The molecule has 0 amide bonds. The van der Waals surface area contributed by atoms with E-state index in [0.717, 1.165) is 25.9 Å². The summed E-state index contributed by atoms with van der Waals surface area (Å²) < 4.78 is 17.1. The molecule has 0 radical (unpaired) electrons. The van der Waals surface area contributed by atoms with Gasteiger partial charge in [0.2, 0.25) is 0 Å². The van der Waals surface area contributed by atoms with Crippen LogP contribution in [0.15, 0.2) is 0 Å². The van der Waals surface area contributed by atoms with Crippen LogP contribution >= 0.6 is 0 Å². The average molecular weight is 345 g/mol. The van der Waals surface area contributed by atoms with Gasteiger partial charge in [0, 0.05) is 13.0 Å². The first-order chi connectivity index (χ1) is 11.8. The molecule has 1 N–H and O–H groups in total. The summed E-state index contributed by atoms with van der Waals surface area (Å²) in [7, 11) is 0. The van der Waals surface area contributed by atoms with Gasteiger partial charge < -0.3 is 19.3 Å². The number of aliphatic hydroxyl groups is 1. The molecule has 0 aromatic heterocycles. The second kappa shape index (κ2) is 15.1.